The summed E-state index contributed by atoms with van der Waals surface area (Å²) in [6.45, 7) is 1.20. The highest BCUT2D eigenvalue weighted by Crippen LogP contribution is 2.28. The maximum atomic E-state index is 12.1. The summed E-state index contributed by atoms with van der Waals surface area (Å²) >= 11 is 0. The first-order chi connectivity index (χ1) is 9.91. The lowest BCUT2D eigenvalue weighted by molar-refractivity contribution is -0.121. The molecule has 0 bridgehead atoms. The molecule has 2 amide bonds. The number of nitrogens with two attached hydrogens (primary N) is 2. The molecule has 0 aliphatic carbocycles. The van der Waals surface area contributed by atoms with Crippen molar-refractivity contribution in [3.05, 3.63) is 23.8 Å². The van der Waals surface area contributed by atoms with Crippen molar-refractivity contribution >= 4 is 23.2 Å². The summed E-state index contributed by atoms with van der Waals surface area (Å²) in [7, 11) is 3.36. The highest BCUT2D eigenvalue weighted by molar-refractivity contribution is 5.96. The number of benzene rings is 1. The van der Waals surface area contributed by atoms with Crippen molar-refractivity contribution in [1.82, 2.24) is 4.90 Å². The molecule has 7 heteroatoms. The number of carbonyl (C=O) groups excluding carboxylic acids is 2. The zero-order valence-corrected chi connectivity index (χ0v) is 12.2. The van der Waals surface area contributed by atoms with E-state index in [0.717, 1.165) is 0 Å². The Morgan fingerprint density at radius 2 is 2.10 bits per heavy atom. The Bertz CT molecular complexity index is 559. The zero-order chi connectivity index (χ0) is 15.6. The summed E-state index contributed by atoms with van der Waals surface area (Å²) < 4.78 is 5.29. The molecule has 114 valence electrons. The number of amides is 2. The SMILES string of the molecule is CN(C)C(=O)c1ccc(N)c(N2CCOCC2C(N)=O)c1. The molecular formula is C14H20N4O3. The number of anilines is 2. The van der Waals surface area contributed by atoms with Gasteiger partial charge in [-0.3, -0.25) is 9.59 Å². The Morgan fingerprint density at radius 3 is 2.71 bits per heavy atom. The topological polar surface area (TPSA) is 102 Å². The molecular weight excluding hydrogens is 272 g/mol. The van der Waals surface area contributed by atoms with Gasteiger partial charge >= 0.3 is 0 Å². The molecule has 1 aromatic carbocycles. The van der Waals surface area contributed by atoms with E-state index in [9.17, 15) is 9.59 Å². The van der Waals surface area contributed by atoms with Crippen LogP contribution in [-0.4, -0.2) is 56.6 Å². The molecule has 0 radical (unpaired) electrons. The van der Waals surface area contributed by atoms with Gasteiger partial charge in [0.25, 0.3) is 5.91 Å². The van der Waals surface area contributed by atoms with E-state index in [1.165, 1.54) is 4.90 Å². The number of nitrogens with zero attached hydrogens (tertiary/aromatic N) is 2. The van der Waals surface area contributed by atoms with E-state index >= 15 is 0 Å². The van der Waals surface area contributed by atoms with E-state index in [2.05, 4.69) is 0 Å². The minimum Gasteiger partial charge on any atom is -0.397 e. The standard InChI is InChI=1S/C14H20N4O3/c1-17(2)14(20)9-3-4-10(15)11(7-9)18-5-6-21-8-12(18)13(16)19/h3-4,7,12H,5-6,8,15H2,1-2H3,(H2,16,19). The summed E-state index contributed by atoms with van der Waals surface area (Å²) in [4.78, 5) is 26.9. The van der Waals surface area contributed by atoms with Crippen LogP contribution in [-0.2, 0) is 9.53 Å². The van der Waals surface area contributed by atoms with Gasteiger partial charge in [0.15, 0.2) is 0 Å². The van der Waals surface area contributed by atoms with E-state index in [4.69, 9.17) is 16.2 Å². The van der Waals surface area contributed by atoms with Gasteiger partial charge in [-0.15, -0.1) is 0 Å². The normalized spacial score (nSPS) is 18.4. The van der Waals surface area contributed by atoms with Crippen LogP contribution in [0.5, 0.6) is 0 Å². The third-order valence-corrected chi connectivity index (χ3v) is 3.45. The number of morpholine rings is 1. The van der Waals surface area contributed by atoms with E-state index in [1.807, 2.05) is 0 Å². The lowest BCUT2D eigenvalue weighted by Gasteiger charge is -2.36. The van der Waals surface area contributed by atoms with Gasteiger partial charge in [0.2, 0.25) is 5.91 Å². The van der Waals surface area contributed by atoms with Crippen molar-refractivity contribution in [3.8, 4) is 0 Å². The minimum absolute atomic E-state index is 0.125. The lowest BCUT2D eigenvalue weighted by Crippen LogP contribution is -2.52. The molecule has 1 saturated heterocycles. The Labute approximate surface area is 123 Å². The summed E-state index contributed by atoms with van der Waals surface area (Å²) in [6, 6.07) is 4.45. The molecule has 7 nitrogen and oxygen atoms in total. The van der Waals surface area contributed by atoms with Crippen LogP contribution in [0.15, 0.2) is 18.2 Å². The maximum absolute atomic E-state index is 12.1. The van der Waals surface area contributed by atoms with Gasteiger partial charge in [-0.05, 0) is 18.2 Å². The molecule has 1 aliphatic rings. The number of primary amides is 1. The van der Waals surface area contributed by atoms with Crippen LogP contribution < -0.4 is 16.4 Å². The molecule has 0 saturated carbocycles. The number of ether oxygens (including phenoxy) is 1. The van der Waals surface area contributed by atoms with Crippen LogP contribution in [0, 0.1) is 0 Å². The third kappa shape index (κ3) is 3.08. The fraction of sp³-hybridized carbons (Fsp3) is 0.429. The molecule has 1 heterocycles. The predicted molar refractivity (Wildman–Crippen MR) is 80.0 cm³/mol. The second-order valence-electron chi connectivity index (χ2n) is 5.16. The third-order valence-electron chi connectivity index (χ3n) is 3.45. The molecule has 2 rings (SSSR count). The summed E-state index contributed by atoms with van der Waals surface area (Å²) in [5.41, 5.74) is 13.1. The van der Waals surface area contributed by atoms with Crippen LogP contribution in [0.1, 0.15) is 10.4 Å². The van der Waals surface area contributed by atoms with Crippen molar-refractivity contribution in [2.75, 3.05) is 44.5 Å². The van der Waals surface area contributed by atoms with Crippen molar-refractivity contribution in [3.63, 3.8) is 0 Å². The van der Waals surface area contributed by atoms with Crippen molar-refractivity contribution in [2.24, 2.45) is 5.73 Å². The van der Waals surface area contributed by atoms with Crippen LogP contribution in [0.3, 0.4) is 0 Å². The summed E-state index contributed by atoms with van der Waals surface area (Å²) in [5.74, 6) is -0.599. The molecule has 0 spiro atoms. The Balaban J connectivity index is 2.39. The Kier molecular flexibility index (Phi) is 4.32. The second-order valence-corrected chi connectivity index (χ2v) is 5.16. The highest BCUT2D eigenvalue weighted by atomic mass is 16.5. The zero-order valence-electron chi connectivity index (χ0n) is 12.2. The van der Waals surface area contributed by atoms with Crippen molar-refractivity contribution in [2.45, 2.75) is 6.04 Å². The average molecular weight is 292 g/mol. The van der Waals surface area contributed by atoms with Crippen LogP contribution in [0.25, 0.3) is 0 Å². The fourth-order valence-electron chi connectivity index (χ4n) is 2.31. The highest BCUT2D eigenvalue weighted by Gasteiger charge is 2.29. The molecule has 21 heavy (non-hydrogen) atoms. The maximum Gasteiger partial charge on any atom is 0.253 e. The summed E-state index contributed by atoms with van der Waals surface area (Å²) in [6.07, 6.45) is 0. The van der Waals surface area contributed by atoms with E-state index < -0.39 is 11.9 Å². The molecule has 1 atom stereocenters. The second kappa shape index (κ2) is 6.01. The number of carbonyl (C=O) groups is 2. The predicted octanol–water partition coefficient (Wildman–Crippen LogP) is -0.339. The number of hydrogen-bond donors (Lipinski definition) is 2. The van der Waals surface area contributed by atoms with Crippen LogP contribution >= 0.6 is 0 Å². The molecule has 1 aliphatic heterocycles. The van der Waals surface area contributed by atoms with Gasteiger partial charge in [0, 0.05) is 26.2 Å². The molecule has 1 aromatic rings. The van der Waals surface area contributed by atoms with Gasteiger partial charge in [-0.1, -0.05) is 0 Å². The molecule has 1 unspecified atom stereocenters. The Morgan fingerprint density at radius 1 is 1.38 bits per heavy atom. The van der Waals surface area contributed by atoms with Gasteiger partial charge in [0.05, 0.1) is 24.6 Å². The van der Waals surface area contributed by atoms with E-state index in [-0.39, 0.29) is 12.5 Å². The van der Waals surface area contributed by atoms with Crippen molar-refractivity contribution < 1.29 is 14.3 Å². The Hall–Kier alpha value is -2.28. The monoisotopic (exact) mass is 292 g/mol. The number of hydrogen-bond acceptors (Lipinski definition) is 5. The first-order valence-corrected chi connectivity index (χ1v) is 6.66. The smallest absolute Gasteiger partial charge is 0.253 e. The van der Waals surface area contributed by atoms with Crippen LogP contribution in [0.2, 0.25) is 0 Å². The average Bonchev–Trinajstić information content (AvgIpc) is 2.47. The fourth-order valence-corrected chi connectivity index (χ4v) is 2.31. The molecule has 4 N–H and O–H groups in total. The minimum atomic E-state index is -0.578. The lowest BCUT2D eigenvalue weighted by atomic mass is 10.1. The van der Waals surface area contributed by atoms with E-state index in [1.54, 1.807) is 37.2 Å². The first kappa shape index (κ1) is 15.1. The number of rotatable bonds is 3. The van der Waals surface area contributed by atoms with Crippen LogP contribution in [0.4, 0.5) is 11.4 Å². The largest absolute Gasteiger partial charge is 0.397 e. The molecule has 1 fully saturated rings. The molecule has 0 aromatic heterocycles. The van der Waals surface area contributed by atoms with Gasteiger partial charge in [0.1, 0.15) is 6.04 Å². The number of nitrogen functional groups attached to an aromatic ring is 1. The van der Waals surface area contributed by atoms with Gasteiger partial charge in [-0.2, -0.15) is 0 Å². The van der Waals surface area contributed by atoms with Gasteiger partial charge in [-0.25, -0.2) is 0 Å². The van der Waals surface area contributed by atoms with E-state index in [0.29, 0.717) is 30.1 Å². The summed E-state index contributed by atoms with van der Waals surface area (Å²) in [5, 5.41) is 0. The first-order valence-electron chi connectivity index (χ1n) is 6.66. The van der Waals surface area contributed by atoms with Gasteiger partial charge < -0.3 is 26.0 Å². The van der Waals surface area contributed by atoms with Crippen molar-refractivity contribution in [1.29, 1.82) is 0 Å². The quantitative estimate of drug-likeness (QED) is 0.742.